The van der Waals surface area contributed by atoms with Crippen molar-refractivity contribution in [1.29, 1.82) is 0 Å². The lowest BCUT2D eigenvalue weighted by molar-refractivity contribution is 0.397. The standard InChI is InChI=1S/C26H29N3O/c1-4-6-9-19-12-13-23-22(18-19)26(28-25(5-2)27-23)29-16-14-20(15-17-29)21-10-7-8-11-24(21)30-3/h2,7-8,10-13,18,20H,4,6,9,14-17H2,1,3H3. The number of methoxy groups -OCH3 is 1. The van der Waals surface area contributed by atoms with Gasteiger partial charge in [-0.1, -0.05) is 37.6 Å². The van der Waals surface area contributed by atoms with Crippen LogP contribution in [0, 0.1) is 12.3 Å². The van der Waals surface area contributed by atoms with Gasteiger partial charge in [0.1, 0.15) is 11.6 Å². The summed E-state index contributed by atoms with van der Waals surface area (Å²) < 4.78 is 5.59. The lowest BCUT2D eigenvalue weighted by atomic mass is 9.88. The Balaban J connectivity index is 1.62. The smallest absolute Gasteiger partial charge is 0.207 e. The Morgan fingerprint density at radius 2 is 1.93 bits per heavy atom. The normalized spacial score (nSPS) is 14.6. The van der Waals surface area contributed by atoms with Crippen molar-refractivity contribution in [2.75, 3.05) is 25.1 Å². The van der Waals surface area contributed by atoms with Crippen molar-refractivity contribution in [1.82, 2.24) is 9.97 Å². The largest absolute Gasteiger partial charge is 0.496 e. The maximum atomic E-state index is 5.66. The van der Waals surface area contributed by atoms with E-state index >= 15 is 0 Å². The van der Waals surface area contributed by atoms with E-state index in [1.165, 1.54) is 24.0 Å². The van der Waals surface area contributed by atoms with Crippen LogP contribution in [-0.2, 0) is 6.42 Å². The maximum Gasteiger partial charge on any atom is 0.207 e. The molecule has 30 heavy (non-hydrogen) atoms. The SMILES string of the molecule is C#Cc1nc(N2CCC(c3ccccc3OC)CC2)c2cc(CCCC)ccc2n1. The van der Waals surface area contributed by atoms with Crippen molar-refractivity contribution >= 4 is 16.7 Å². The molecule has 0 amide bonds. The van der Waals surface area contributed by atoms with Crippen molar-refractivity contribution in [3.05, 3.63) is 59.4 Å². The maximum absolute atomic E-state index is 5.66. The number of rotatable bonds is 6. The Hall–Kier alpha value is -3.06. The average Bonchev–Trinajstić information content (AvgIpc) is 2.82. The lowest BCUT2D eigenvalue weighted by Gasteiger charge is -2.34. The highest BCUT2D eigenvalue weighted by Crippen LogP contribution is 2.36. The number of para-hydroxylation sites is 1. The number of piperidine rings is 1. The average molecular weight is 400 g/mol. The summed E-state index contributed by atoms with van der Waals surface area (Å²) in [6.45, 7) is 4.11. The minimum absolute atomic E-state index is 0.464. The highest BCUT2D eigenvalue weighted by atomic mass is 16.5. The zero-order valence-corrected chi connectivity index (χ0v) is 17.9. The number of benzene rings is 2. The van der Waals surface area contributed by atoms with Crippen LogP contribution in [0.2, 0.25) is 0 Å². The van der Waals surface area contributed by atoms with Gasteiger partial charge in [-0.3, -0.25) is 0 Å². The molecule has 1 fully saturated rings. The molecule has 0 N–H and O–H groups in total. The van der Waals surface area contributed by atoms with Crippen molar-refractivity contribution in [3.8, 4) is 18.1 Å². The molecule has 0 aliphatic carbocycles. The first kappa shape index (κ1) is 20.2. The summed E-state index contributed by atoms with van der Waals surface area (Å²) >= 11 is 0. The Kier molecular flexibility index (Phi) is 6.18. The molecule has 4 rings (SSSR count). The Morgan fingerprint density at radius 1 is 1.13 bits per heavy atom. The van der Waals surface area contributed by atoms with Gasteiger partial charge in [0.2, 0.25) is 5.82 Å². The van der Waals surface area contributed by atoms with Crippen LogP contribution in [-0.4, -0.2) is 30.2 Å². The van der Waals surface area contributed by atoms with Crippen LogP contribution < -0.4 is 9.64 Å². The predicted octanol–water partition coefficient (Wildman–Crippen LogP) is 5.35. The second kappa shape index (κ2) is 9.17. The Morgan fingerprint density at radius 3 is 2.67 bits per heavy atom. The van der Waals surface area contributed by atoms with Crippen molar-refractivity contribution in [2.24, 2.45) is 0 Å². The summed E-state index contributed by atoms with van der Waals surface area (Å²) in [5, 5.41) is 1.11. The lowest BCUT2D eigenvalue weighted by Crippen LogP contribution is -2.34. The van der Waals surface area contributed by atoms with Gasteiger partial charge in [0.25, 0.3) is 0 Å². The predicted molar refractivity (Wildman–Crippen MR) is 123 cm³/mol. The second-order valence-electron chi connectivity index (χ2n) is 7.97. The monoisotopic (exact) mass is 399 g/mol. The third-order valence-electron chi connectivity index (χ3n) is 6.06. The Labute approximate surface area is 179 Å². The summed E-state index contributed by atoms with van der Waals surface area (Å²) in [5.41, 5.74) is 3.57. The van der Waals surface area contributed by atoms with Crippen LogP contribution in [0.25, 0.3) is 10.9 Å². The van der Waals surface area contributed by atoms with Gasteiger partial charge in [-0.15, -0.1) is 6.42 Å². The summed E-state index contributed by atoms with van der Waals surface area (Å²) in [5.74, 6) is 5.55. The molecule has 0 radical (unpaired) electrons. The van der Waals surface area contributed by atoms with Crippen LogP contribution in [0.1, 0.15) is 55.5 Å². The number of nitrogens with zero attached hydrogens (tertiary/aromatic N) is 3. The molecule has 1 saturated heterocycles. The zero-order chi connectivity index (χ0) is 20.9. The number of fused-ring (bicyclic) bond motifs is 1. The molecular weight excluding hydrogens is 370 g/mol. The summed E-state index contributed by atoms with van der Waals surface area (Å²) in [6, 6.07) is 14.9. The molecule has 154 valence electrons. The second-order valence-corrected chi connectivity index (χ2v) is 7.97. The van der Waals surface area contributed by atoms with Gasteiger partial charge in [-0.2, -0.15) is 0 Å². The minimum Gasteiger partial charge on any atom is -0.496 e. The molecule has 4 heteroatoms. The van der Waals surface area contributed by atoms with Crippen molar-refractivity contribution < 1.29 is 4.74 Å². The number of unbranched alkanes of at least 4 members (excludes halogenated alkanes) is 1. The van der Waals surface area contributed by atoms with Crippen LogP contribution in [0.4, 0.5) is 5.82 Å². The van der Waals surface area contributed by atoms with Crippen LogP contribution in [0.3, 0.4) is 0 Å². The Bertz CT molecular complexity index is 1060. The number of hydrogen-bond donors (Lipinski definition) is 0. The molecule has 3 aromatic rings. The van der Waals surface area contributed by atoms with Gasteiger partial charge in [-0.25, -0.2) is 9.97 Å². The van der Waals surface area contributed by atoms with E-state index in [0.717, 1.165) is 54.8 Å². The first-order valence-corrected chi connectivity index (χ1v) is 10.9. The molecule has 2 aromatic carbocycles. The van der Waals surface area contributed by atoms with E-state index in [1.807, 2.05) is 6.07 Å². The third-order valence-corrected chi connectivity index (χ3v) is 6.06. The molecular formula is C26H29N3O. The fraction of sp³-hybridized carbons (Fsp3) is 0.385. The topological polar surface area (TPSA) is 38.2 Å². The van der Waals surface area contributed by atoms with Gasteiger partial charge in [0.05, 0.1) is 12.6 Å². The van der Waals surface area contributed by atoms with E-state index in [9.17, 15) is 0 Å². The number of aromatic nitrogens is 2. The third kappa shape index (κ3) is 4.11. The molecule has 0 unspecified atom stereocenters. The van der Waals surface area contributed by atoms with Gasteiger partial charge >= 0.3 is 0 Å². The van der Waals surface area contributed by atoms with E-state index in [1.54, 1.807) is 7.11 Å². The van der Waals surface area contributed by atoms with Crippen LogP contribution in [0.15, 0.2) is 42.5 Å². The summed E-state index contributed by atoms with van der Waals surface area (Å²) in [6.07, 6.45) is 11.2. The van der Waals surface area contributed by atoms with E-state index in [0.29, 0.717) is 11.7 Å². The molecule has 0 spiro atoms. The summed E-state index contributed by atoms with van der Waals surface area (Å²) in [7, 11) is 1.75. The minimum atomic E-state index is 0.464. The first-order chi connectivity index (χ1) is 14.7. The first-order valence-electron chi connectivity index (χ1n) is 10.9. The molecule has 0 bridgehead atoms. The number of hydrogen-bond acceptors (Lipinski definition) is 4. The highest BCUT2D eigenvalue weighted by Gasteiger charge is 2.25. The molecule has 0 atom stereocenters. The molecule has 1 aliphatic rings. The fourth-order valence-electron chi connectivity index (χ4n) is 4.41. The number of aryl methyl sites for hydroxylation is 1. The van der Waals surface area contributed by atoms with Crippen molar-refractivity contribution in [2.45, 2.75) is 44.9 Å². The molecule has 0 saturated carbocycles. The number of anilines is 1. The zero-order valence-electron chi connectivity index (χ0n) is 17.9. The van der Waals surface area contributed by atoms with Gasteiger partial charge in [0.15, 0.2) is 0 Å². The number of ether oxygens (including phenoxy) is 1. The van der Waals surface area contributed by atoms with E-state index in [4.69, 9.17) is 16.1 Å². The van der Waals surface area contributed by atoms with Crippen molar-refractivity contribution in [3.63, 3.8) is 0 Å². The molecule has 4 nitrogen and oxygen atoms in total. The van der Waals surface area contributed by atoms with E-state index in [-0.39, 0.29) is 0 Å². The van der Waals surface area contributed by atoms with Gasteiger partial charge in [-0.05, 0) is 66.8 Å². The molecule has 1 aromatic heterocycles. The number of terminal acetylenes is 1. The van der Waals surface area contributed by atoms with Gasteiger partial charge < -0.3 is 9.64 Å². The van der Waals surface area contributed by atoms with E-state index < -0.39 is 0 Å². The molecule has 2 heterocycles. The van der Waals surface area contributed by atoms with Crippen LogP contribution >= 0.6 is 0 Å². The highest BCUT2D eigenvalue weighted by molar-refractivity contribution is 5.90. The molecule has 1 aliphatic heterocycles. The van der Waals surface area contributed by atoms with E-state index in [2.05, 4.69) is 59.1 Å². The van der Waals surface area contributed by atoms with Crippen LogP contribution in [0.5, 0.6) is 5.75 Å². The fourth-order valence-corrected chi connectivity index (χ4v) is 4.41. The quantitative estimate of drug-likeness (QED) is 0.524. The summed E-state index contributed by atoms with van der Waals surface area (Å²) in [4.78, 5) is 11.7. The van der Waals surface area contributed by atoms with Gasteiger partial charge in [0, 0.05) is 18.5 Å².